The zero-order valence-corrected chi connectivity index (χ0v) is 10.7. The Morgan fingerprint density at radius 3 is 2.78 bits per heavy atom. The van der Waals surface area contributed by atoms with E-state index in [9.17, 15) is 5.11 Å². The largest absolute Gasteiger partial charge is 0.506 e. The standard InChI is InChI=1S/C14H15ClN2O/c15-12-3-1-2-10(6-12)4-5-13-7-11(8-16)14(18)9-17-13/h1-3,6-7,9,18H,4-5,8,16H2. The van der Waals surface area contributed by atoms with Crippen LogP contribution in [0.15, 0.2) is 36.5 Å². The number of halogens is 1. The van der Waals surface area contributed by atoms with E-state index in [0.717, 1.165) is 29.1 Å². The van der Waals surface area contributed by atoms with Gasteiger partial charge in [0.15, 0.2) is 0 Å². The van der Waals surface area contributed by atoms with E-state index in [0.29, 0.717) is 6.54 Å². The molecule has 0 aliphatic heterocycles. The van der Waals surface area contributed by atoms with Crippen molar-refractivity contribution in [3.8, 4) is 5.75 Å². The van der Waals surface area contributed by atoms with Crippen LogP contribution >= 0.6 is 11.6 Å². The Kier molecular flexibility index (Phi) is 4.18. The van der Waals surface area contributed by atoms with Gasteiger partial charge in [0.2, 0.25) is 0 Å². The van der Waals surface area contributed by atoms with Crippen LogP contribution in [-0.2, 0) is 19.4 Å². The Bertz CT molecular complexity index is 543. The maximum Gasteiger partial charge on any atom is 0.138 e. The molecule has 0 unspecified atom stereocenters. The fourth-order valence-corrected chi connectivity index (χ4v) is 2.02. The van der Waals surface area contributed by atoms with Crippen LogP contribution in [-0.4, -0.2) is 10.1 Å². The maximum absolute atomic E-state index is 9.50. The second-order valence-electron chi connectivity index (χ2n) is 4.14. The molecule has 3 nitrogen and oxygen atoms in total. The summed E-state index contributed by atoms with van der Waals surface area (Å²) in [6, 6.07) is 9.63. The smallest absolute Gasteiger partial charge is 0.138 e. The van der Waals surface area contributed by atoms with E-state index in [1.165, 1.54) is 11.8 Å². The van der Waals surface area contributed by atoms with Crippen molar-refractivity contribution in [3.63, 3.8) is 0 Å². The molecule has 0 radical (unpaired) electrons. The summed E-state index contributed by atoms with van der Waals surface area (Å²) in [5.74, 6) is 0.156. The van der Waals surface area contributed by atoms with Crippen molar-refractivity contribution in [3.05, 3.63) is 58.4 Å². The highest BCUT2D eigenvalue weighted by molar-refractivity contribution is 6.30. The normalized spacial score (nSPS) is 10.6. The molecule has 2 aromatic rings. The monoisotopic (exact) mass is 262 g/mol. The van der Waals surface area contributed by atoms with Crippen LogP contribution in [0.2, 0.25) is 5.02 Å². The van der Waals surface area contributed by atoms with Gasteiger partial charge in [-0.3, -0.25) is 4.98 Å². The molecule has 0 spiro atoms. The van der Waals surface area contributed by atoms with Gasteiger partial charge in [-0.25, -0.2) is 0 Å². The van der Waals surface area contributed by atoms with Gasteiger partial charge in [-0.1, -0.05) is 23.7 Å². The zero-order valence-electron chi connectivity index (χ0n) is 9.94. The molecule has 0 aliphatic rings. The molecule has 0 fully saturated rings. The SMILES string of the molecule is NCc1cc(CCc2cccc(Cl)c2)ncc1O. The number of benzene rings is 1. The molecule has 1 aromatic carbocycles. The molecule has 0 saturated carbocycles. The van der Waals surface area contributed by atoms with Gasteiger partial charge in [-0.2, -0.15) is 0 Å². The number of aromatic hydroxyl groups is 1. The first-order valence-electron chi connectivity index (χ1n) is 5.80. The Morgan fingerprint density at radius 1 is 1.22 bits per heavy atom. The number of hydrogen-bond donors (Lipinski definition) is 2. The summed E-state index contributed by atoms with van der Waals surface area (Å²) < 4.78 is 0. The van der Waals surface area contributed by atoms with Gasteiger partial charge >= 0.3 is 0 Å². The minimum atomic E-state index is 0.156. The van der Waals surface area contributed by atoms with E-state index < -0.39 is 0 Å². The van der Waals surface area contributed by atoms with Crippen LogP contribution in [0.5, 0.6) is 5.75 Å². The van der Waals surface area contributed by atoms with E-state index in [2.05, 4.69) is 4.98 Å². The minimum Gasteiger partial charge on any atom is -0.506 e. The quantitative estimate of drug-likeness (QED) is 0.891. The number of nitrogens with zero attached hydrogens (tertiary/aromatic N) is 1. The molecule has 94 valence electrons. The van der Waals surface area contributed by atoms with Crippen LogP contribution in [0, 0.1) is 0 Å². The second-order valence-corrected chi connectivity index (χ2v) is 4.57. The van der Waals surface area contributed by atoms with Crippen molar-refractivity contribution in [1.82, 2.24) is 4.98 Å². The number of nitrogens with two attached hydrogens (primary N) is 1. The molecule has 4 heteroatoms. The lowest BCUT2D eigenvalue weighted by Crippen LogP contribution is -2.01. The van der Waals surface area contributed by atoms with Crippen molar-refractivity contribution >= 4 is 11.6 Å². The van der Waals surface area contributed by atoms with Gasteiger partial charge < -0.3 is 10.8 Å². The van der Waals surface area contributed by atoms with E-state index in [1.54, 1.807) is 0 Å². The fraction of sp³-hybridized carbons (Fsp3) is 0.214. The molecule has 3 N–H and O–H groups in total. The number of hydrogen-bond acceptors (Lipinski definition) is 3. The second kappa shape index (κ2) is 5.85. The molecule has 18 heavy (non-hydrogen) atoms. The molecule has 0 amide bonds. The zero-order chi connectivity index (χ0) is 13.0. The van der Waals surface area contributed by atoms with Crippen LogP contribution in [0.4, 0.5) is 0 Å². The summed E-state index contributed by atoms with van der Waals surface area (Å²) in [6.45, 7) is 0.318. The lowest BCUT2D eigenvalue weighted by Gasteiger charge is -2.05. The van der Waals surface area contributed by atoms with Gasteiger partial charge in [-0.05, 0) is 36.6 Å². The molecule has 1 aromatic heterocycles. The first kappa shape index (κ1) is 12.9. The third-order valence-corrected chi connectivity index (χ3v) is 3.04. The summed E-state index contributed by atoms with van der Waals surface area (Å²) in [6.07, 6.45) is 3.12. The third kappa shape index (κ3) is 3.22. The van der Waals surface area contributed by atoms with Crippen molar-refractivity contribution in [2.75, 3.05) is 0 Å². The number of aromatic nitrogens is 1. The van der Waals surface area contributed by atoms with Crippen LogP contribution in [0.1, 0.15) is 16.8 Å². The van der Waals surface area contributed by atoms with Gasteiger partial charge in [0.1, 0.15) is 5.75 Å². The Hall–Kier alpha value is -1.58. The average Bonchev–Trinajstić information content (AvgIpc) is 2.38. The molecule has 0 atom stereocenters. The van der Waals surface area contributed by atoms with E-state index >= 15 is 0 Å². The van der Waals surface area contributed by atoms with Gasteiger partial charge in [-0.15, -0.1) is 0 Å². The molecule has 1 heterocycles. The van der Waals surface area contributed by atoms with E-state index in [1.807, 2.05) is 30.3 Å². The molecular weight excluding hydrogens is 248 g/mol. The Balaban J connectivity index is 2.06. The van der Waals surface area contributed by atoms with Crippen LogP contribution in [0.3, 0.4) is 0 Å². The first-order chi connectivity index (χ1) is 8.69. The molecule has 0 bridgehead atoms. The Morgan fingerprint density at radius 2 is 2.06 bits per heavy atom. The molecular formula is C14H15ClN2O. The number of pyridine rings is 1. The predicted octanol–water partition coefficient (Wildman–Crippen LogP) is 2.68. The van der Waals surface area contributed by atoms with Crippen LogP contribution < -0.4 is 5.73 Å². The van der Waals surface area contributed by atoms with Crippen molar-refractivity contribution in [2.24, 2.45) is 5.73 Å². The Labute approximate surface area is 111 Å². The highest BCUT2D eigenvalue weighted by atomic mass is 35.5. The lowest BCUT2D eigenvalue weighted by atomic mass is 10.1. The topological polar surface area (TPSA) is 59.1 Å². The summed E-state index contributed by atoms with van der Waals surface area (Å²) in [4.78, 5) is 4.19. The predicted molar refractivity (Wildman–Crippen MR) is 72.7 cm³/mol. The maximum atomic E-state index is 9.50. The molecule has 2 rings (SSSR count). The van der Waals surface area contributed by atoms with Gasteiger partial charge in [0.25, 0.3) is 0 Å². The summed E-state index contributed by atoms with van der Waals surface area (Å²) in [7, 11) is 0. The molecule has 0 aliphatic carbocycles. The summed E-state index contributed by atoms with van der Waals surface area (Å²) in [5, 5.41) is 10.2. The highest BCUT2D eigenvalue weighted by Gasteiger charge is 2.03. The first-order valence-corrected chi connectivity index (χ1v) is 6.18. The third-order valence-electron chi connectivity index (χ3n) is 2.80. The van der Waals surface area contributed by atoms with E-state index in [-0.39, 0.29) is 5.75 Å². The highest BCUT2D eigenvalue weighted by Crippen LogP contribution is 2.17. The lowest BCUT2D eigenvalue weighted by molar-refractivity contribution is 0.465. The molecule has 0 saturated heterocycles. The van der Waals surface area contributed by atoms with Crippen LogP contribution in [0.25, 0.3) is 0 Å². The van der Waals surface area contributed by atoms with Gasteiger partial charge in [0, 0.05) is 22.8 Å². The summed E-state index contributed by atoms with van der Waals surface area (Å²) in [5.41, 5.74) is 8.37. The van der Waals surface area contributed by atoms with E-state index in [4.69, 9.17) is 17.3 Å². The van der Waals surface area contributed by atoms with Crippen molar-refractivity contribution in [1.29, 1.82) is 0 Å². The summed E-state index contributed by atoms with van der Waals surface area (Å²) >= 11 is 5.93. The van der Waals surface area contributed by atoms with Crippen molar-refractivity contribution in [2.45, 2.75) is 19.4 Å². The van der Waals surface area contributed by atoms with Gasteiger partial charge in [0.05, 0.1) is 6.20 Å². The number of aryl methyl sites for hydroxylation is 2. The number of rotatable bonds is 4. The van der Waals surface area contributed by atoms with Crippen molar-refractivity contribution < 1.29 is 5.11 Å². The minimum absolute atomic E-state index is 0.156. The average molecular weight is 263 g/mol. The fourth-order valence-electron chi connectivity index (χ4n) is 1.80.